The predicted molar refractivity (Wildman–Crippen MR) is 101 cm³/mol. The maximum absolute atomic E-state index is 12.3. The van der Waals surface area contributed by atoms with Crippen LogP contribution in [0.5, 0.6) is 5.75 Å². The summed E-state index contributed by atoms with van der Waals surface area (Å²) in [5, 5.41) is 0. The minimum atomic E-state index is -3.84. The van der Waals surface area contributed by atoms with Crippen LogP contribution in [0.15, 0.2) is 35.2 Å². The van der Waals surface area contributed by atoms with Gasteiger partial charge >= 0.3 is 0 Å². The Morgan fingerprint density at radius 1 is 1.31 bits per heavy atom. The molecule has 26 heavy (non-hydrogen) atoms. The zero-order chi connectivity index (χ0) is 18.7. The third-order valence-electron chi connectivity index (χ3n) is 4.65. The van der Waals surface area contributed by atoms with Crippen molar-refractivity contribution in [2.45, 2.75) is 37.5 Å². The lowest BCUT2D eigenvalue weighted by Gasteiger charge is -2.19. The molecule has 1 aromatic heterocycles. The molecule has 140 valence electrons. The standard InChI is InChI=1S/C18H22N2O4S2/c1-3-12-4-9-16-13(10-12)11-17(25-16)18(21)19-20-26(22,23)15-7-5-14(24-2)6-8-15/h5-8,11-12,20H,3-4,9-10H2,1-2H3,(H,19,21)/t12-/m0/s1. The Bertz CT molecular complexity index is 888. The lowest BCUT2D eigenvalue weighted by Crippen LogP contribution is -2.41. The molecule has 0 unspecified atom stereocenters. The lowest BCUT2D eigenvalue weighted by atomic mass is 9.87. The normalized spacial score (nSPS) is 16.8. The Kier molecular flexibility index (Phi) is 5.64. The smallest absolute Gasteiger partial charge is 0.276 e. The van der Waals surface area contributed by atoms with Gasteiger partial charge in [-0.05, 0) is 61.1 Å². The Morgan fingerprint density at radius 3 is 2.69 bits per heavy atom. The van der Waals surface area contributed by atoms with Crippen molar-refractivity contribution in [2.75, 3.05) is 7.11 Å². The molecular formula is C18H22N2O4S2. The summed E-state index contributed by atoms with van der Waals surface area (Å²) in [6, 6.07) is 7.82. The van der Waals surface area contributed by atoms with Crippen LogP contribution < -0.4 is 15.0 Å². The lowest BCUT2D eigenvalue weighted by molar-refractivity contribution is 0.0949. The number of carbonyl (C=O) groups excluding carboxylic acids is 1. The van der Waals surface area contributed by atoms with Gasteiger partial charge in [-0.2, -0.15) is 0 Å². The van der Waals surface area contributed by atoms with E-state index in [2.05, 4.69) is 17.2 Å². The van der Waals surface area contributed by atoms with E-state index in [1.165, 1.54) is 41.0 Å². The molecule has 0 fully saturated rings. The molecule has 0 saturated heterocycles. The second-order valence-electron chi connectivity index (χ2n) is 6.31. The number of benzene rings is 1. The molecule has 2 aromatic rings. The number of fused-ring (bicyclic) bond motifs is 1. The number of hydrogen-bond acceptors (Lipinski definition) is 5. The van der Waals surface area contributed by atoms with Gasteiger partial charge in [0.15, 0.2) is 0 Å². The van der Waals surface area contributed by atoms with Gasteiger partial charge in [0, 0.05) is 4.88 Å². The van der Waals surface area contributed by atoms with Crippen LogP contribution in [-0.4, -0.2) is 21.4 Å². The molecular weight excluding hydrogens is 372 g/mol. The van der Waals surface area contributed by atoms with E-state index in [1.54, 1.807) is 12.1 Å². The monoisotopic (exact) mass is 394 g/mol. The van der Waals surface area contributed by atoms with Gasteiger partial charge in [0.25, 0.3) is 15.9 Å². The van der Waals surface area contributed by atoms with Gasteiger partial charge in [-0.25, -0.2) is 8.42 Å². The highest BCUT2D eigenvalue weighted by Gasteiger charge is 2.23. The number of thiophene rings is 1. The summed E-state index contributed by atoms with van der Waals surface area (Å²) in [6.45, 7) is 2.18. The topological polar surface area (TPSA) is 84.5 Å². The highest BCUT2D eigenvalue weighted by Crippen LogP contribution is 2.33. The fourth-order valence-electron chi connectivity index (χ4n) is 3.05. The molecule has 6 nitrogen and oxygen atoms in total. The number of hydrazine groups is 1. The van der Waals surface area contributed by atoms with Crippen LogP contribution in [0.4, 0.5) is 0 Å². The molecule has 1 aliphatic rings. The van der Waals surface area contributed by atoms with Crippen LogP contribution in [0, 0.1) is 5.92 Å². The number of aryl methyl sites for hydroxylation is 1. The number of sulfonamides is 1. The molecule has 0 bridgehead atoms. The largest absolute Gasteiger partial charge is 0.497 e. The quantitative estimate of drug-likeness (QED) is 0.738. The third kappa shape index (κ3) is 4.08. The van der Waals surface area contributed by atoms with E-state index in [-0.39, 0.29) is 4.90 Å². The molecule has 8 heteroatoms. The zero-order valence-corrected chi connectivity index (χ0v) is 16.4. The Hall–Kier alpha value is -1.90. The highest BCUT2D eigenvalue weighted by molar-refractivity contribution is 7.89. The molecule has 0 saturated carbocycles. The van der Waals surface area contributed by atoms with Crippen LogP contribution in [0.25, 0.3) is 0 Å². The molecule has 3 rings (SSSR count). The van der Waals surface area contributed by atoms with E-state index in [1.807, 2.05) is 6.07 Å². The summed E-state index contributed by atoms with van der Waals surface area (Å²) < 4.78 is 29.6. The van der Waals surface area contributed by atoms with Crippen molar-refractivity contribution in [3.63, 3.8) is 0 Å². The number of carbonyl (C=O) groups is 1. The summed E-state index contributed by atoms with van der Waals surface area (Å²) in [4.78, 5) is 16.3. The van der Waals surface area contributed by atoms with Gasteiger partial charge in [-0.15, -0.1) is 16.2 Å². The van der Waals surface area contributed by atoms with Crippen molar-refractivity contribution in [3.05, 3.63) is 45.6 Å². The molecule has 1 aromatic carbocycles. The molecule has 0 spiro atoms. The van der Waals surface area contributed by atoms with Crippen molar-refractivity contribution >= 4 is 27.3 Å². The first-order chi connectivity index (χ1) is 12.4. The third-order valence-corrected chi connectivity index (χ3v) is 7.15. The Labute approximate surface area is 157 Å². The SMILES string of the molecule is CC[C@H]1CCc2sc(C(=O)NNS(=O)(=O)c3ccc(OC)cc3)cc2C1. The summed E-state index contributed by atoms with van der Waals surface area (Å²) in [5.74, 6) is 0.790. The van der Waals surface area contributed by atoms with E-state index in [4.69, 9.17) is 4.74 Å². The molecule has 0 radical (unpaired) electrons. The van der Waals surface area contributed by atoms with Crippen molar-refractivity contribution < 1.29 is 17.9 Å². The van der Waals surface area contributed by atoms with E-state index >= 15 is 0 Å². The average Bonchev–Trinajstić information content (AvgIpc) is 3.09. The zero-order valence-electron chi connectivity index (χ0n) is 14.7. The van der Waals surface area contributed by atoms with Gasteiger partial charge in [-0.3, -0.25) is 10.2 Å². The fourth-order valence-corrected chi connectivity index (χ4v) is 4.99. The molecule has 0 aliphatic heterocycles. The molecule has 1 atom stereocenters. The van der Waals surface area contributed by atoms with Gasteiger partial charge in [0.2, 0.25) is 0 Å². The number of ether oxygens (including phenoxy) is 1. The van der Waals surface area contributed by atoms with Crippen molar-refractivity contribution in [1.82, 2.24) is 10.3 Å². The van der Waals surface area contributed by atoms with Gasteiger partial charge in [0.1, 0.15) is 5.75 Å². The van der Waals surface area contributed by atoms with Crippen LogP contribution in [0.3, 0.4) is 0 Å². The first kappa shape index (κ1) is 18.9. The molecule has 1 heterocycles. The number of hydrogen-bond donors (Lipinski definition) is 2. The minimum absolute atomic E-state index is 0.0508. The Balaban J connectivity index is 1.66. The van der Waals surface area contributed by atoms with E-state index < -0.39 is 15.9 Å². The maximum Gasteiger partial charge on any atom is 0.276 e. The first-order valence-corrected chi connectivity index (χ1v) is 10.8. The maximum atomic E-state index is 12.3. The number of nitrogens with one attached hydrogen (secondary N) is 2. The summed E-state index contributed by atoms with van der Waals surface area (Å²) in [6.07, 6.45) is 4.27. The van der Waals surface area contributed by atoms with Gasteiger partial charge < -0.3 is 4.74 Å². The second-order valence-corrected chi connectivity index (χ2v) is 9.13. The van der Waals surface area contributed by atoms with E-state index in [9.17, 15) is 13.2 Å². The second kappa shape index (κ2) is 7.77. The van der Waals surface area contributed by atoms with E-state index in [0.717, 1.165) is 25.7 Å². The molecule has 2 N–H and O–H groups in total. The number of amides is 1. The summed E-state index contributed by atoms with van der Waals surface area (Å²) in [5.41, 5.74) is 3.52. The van der Waals surface area contributed by atoms with Crippen LogP contribution in [0.2, 0.25) is 0 Å². The Morgan fingerprint density at radius 2 is 2.04 bits per heavy atom. The fraction of sp³-hybridized carbons (Fsp3) is 0.389. The molecule has 1 amide bonds. The minimum Gasteiger partial charge on any atom is -0.497 e. The van der Waals surface area contributed by atoms with Gasteiger partial charge in [0.05, 0.1) is 16.9 Å². The van der Waals surface area contributed by atoms with Crippen molar-refractivity contribution in [1.29, 1.82) is 0 Å². The first-order valence-electron chi connectivity index (χ1n) is 8.50. The van der Waals surface area contributed by atoms with Crippen molar-refractivity contribution in [3.8, 4) is 5.75 Å². The summed E-state index contributed by atoms with van der Waals surface area (Å²) in [7, 11) is -2.33. The number of methoxy groups -OCH3 is 1. The molecule has 1 aliphatic carbocycles. The summed E-state index contributed by atoms with van der Waals surface area (Å²) >= 11 is 1.44. The average molecular weight is 395 g/mol. The van der Waals surface area contributed by atoms with Gasteiger partial charge in [-0.1, -0.05) is 13.3 Å². The number of rotatable bonds is 6. The van der Waals surface area contributed by atoms with Crippen LogP contribution >= 0.6 is 11.3 Å². The highest BCUT2D eigenvalue weighted by atomic mass is 32.2. The van der Waals surface area contributed by atoms with Crippen LogP contribution in [-0.2, 0) is 22.9 Å². The van der Waals surface area contributed by atoms with Crippen LogP contribution in [0.1, 0.15) is 39.9 Å². The van der Waals surface area contributed by atoms with E-state index in [0.29, 0.717) is 16.5 Å². The van der Waals surface area contributed by atoms with Crippen molar-refractivity contribution in [2.24, 2.45) is 5.92 Å². The predicted octanol–water partition coefficient (Wildman–Crippen LogP) is 2.89.